The number of nitrogens with zero attached hydrogens (tertiary/aromatic N) is 1. The number of rotatable bonds is 6. The fourth-order valence-corrected chi connectivity index (χ4v) is 4.51. The van der Waals surface area contributed by atoms with E-state index in [4.69, 9.17) is 9.31 Å². The summed E-state index contributed by atoms with van der Waals surface area (Å²) in [6.45, 7) is 17.8. The molecule has 0 bridgehead atoms. The Balaban J connectivity index is 2.00. The third kappa shape index (κ3) is 5.83. The van der Waals surface area contributed by atoms with Crippen molar-refractivity contribution >= 4 is 24.4 Å². The normalized spacial score (nSPS) is 17.4. The van der Waals surface area contributed by atoms with Crippen LogP contribution in [0.4, 0.5) is 0 Å². The minimum Gasteiger partial charge on any atom is -0.399 e. The Morgan fingerprint density at radius 3 is 2.19 bits per heavy atom. The molecular weight excluding hydrogens is 469 g/mol. The third-order valence-corrected chi connectivity index (χ3v) is 7.49. The zero-order chi connectivity index (χ0) is 27.8. The number of aromatic nitrogens is 1. The Kier molecular flexibility index (Phi) is 8.10. The largest absolute Gasteiger partial charge is 0.495 e. The van der Waals surface area contributed by atoms with Crippen molar-refractivity contribution in [2.24, 2.45) is 5.41 Å². The highest BCUT2D eigenvalue weighted by Gasteiger charge is 2.52. The van der Waals surface area contributed by atoms with Crippen LogP contribution < -0.4 is 16.4 Å². The average molecular weight is 509 g/mol. The van der Waals surface area contributed by atoms with Crippen molar-refractivity contribution in [3.63, 3.8) is 0 Å². The average Bonchev–Trinajstić information content (AvgIpc) is 3.01. The summed E-state index contributed by atoms with van der Waals surface area (Å²) in [6.07, 6.45) is 2.91. The number of nitrogens with one attached hydrogen (secondary N) is 2. The molecule has 1 aromatic carbocycles. The van der Waals surface area contributed by atoms with Gasteiger partial charge in [-0.05, 0) is 75.7 Å². The summed E-state index contributed by atoms with van der Waals surface area (Å²) in [7, 11) is -0.624. The van der Waals surface area contributed by atoms with Crippen LogP contribution in [0.5, 0.6) is 0 Å². The Bertz CT molecular complexity index is 1200. The molecule has 1 aromatic heterocycles. The zero-order valence-electron chi connectivity index (χ0n) is 23.5. The summed E-state index contributed by atoms with van der Waals surface area (Å²) in [5, 5.41) is 1.33. The maximum Gasteiger partial charge on any atom is 0.495 e. The van der Waals surface area contributed by atoms with Crippen molar-refractivity contribution in [1.29, 1.82) is 0 Å². The molecule has 1 aliphatic rings. The first-order valence-electron chi connectivity index (χ1n) is 12.9. The van der Waals surface area contributed by atoms with Crippen molar-refractivity contribution in [2.45, 2.75) is 92.4 Å². The molecule has 0 spiro atoms. The second kappa shape index (κ2) is 10.5. The van der Waals surface area contributed by atoms with Gasteiger partial charge in [0.25, 0.3) is 17.4 Å². The maximum atomic E-state index is 13.7. The van der Waals surface area contributed by atoms with Crippen LogP contribution in [-0.2, 0) is 9.31 Å². The van der Waals surface area contributed by atoms with Crippen molar-refractivity contribution in [3.8, 4) is 0 Å². The molecule has 2 heterocycles. The first kappa shape index (κ1) is 28.7. The summed E-state index contributed by atoms with van der Waals surface area (Å²) in [5.41, 5.74) is 2.77. The van der Waals surface area contributed by atoms with Gasteiger partial charge >= 0.3 is 7.12 Å². The SMILES string of the molecule is CCCC(N(NC(=O)c1cccc(B2OC(C)(C)C(C)(C)O2)c1C)C(=O)c1ccc[nH]c1=O)C(C)(C)C. The molecule has 200 valence electrons. The summed E-state index contributed by atoms with van der Waals surface area (Å²) in [4.78, 5) is 42.3. The van der Waals surface area contributed by atoms with E-state index in [0.29, 0.717) is 17.5 Å². The van der Waals surface area contributed by atoms with E-state index in [1.54, 1.807) is 18.2 Å². The lowest BCUT2D eigenvalue weighted by molar-refractivity contribution is 0.00578. The van der Waals surface area contributed by atoms with Gasteiger partial charge in [0.05, 0.1) is 17.2 Å². The summed E-state index contributed by atoms with van der Waals surface area (Å²) in [6, 6.07) is 8.09. The fraction of sp³-hybridized carbons (Fsp3) is 0.536. The Morgan fingerprint density at radius 2 is 1.65 bits per heavy atom. The molecule has 9 heteroatoms. The first-order chi connectivity index (χ1) is 17.1. The molecule has 1 aliphatic heterocycles. The van der Waals surface area contributed by atoms with Crippen LogP contribution >= 0.6 is 0 Å². The van der Waals surface area contributed by atoms with Gasteiger partial charge in [-0.25, -0.2) is 5.01 Å². The second-order valence-corrected chi connectivity index (χ2v) is 11.8. The number of hydrogen-bond acceptors (Lipinski definition) is 5. The van der Waals surface area contributed by atoms with Crippen LogP contribution in [-0.4, -0.2) is 46.2 Å². The van der Waals surface area contributed by atoms with Crippen molar-refractivity contribution < 1.29 is 18.9 Å². The van der Waals surface area contributed by atoms with Gasteiger partial charge in [-0.1, -0.05) is 46.2 Å². The Hall–Kier alpha value is -2.91. The monoisotopic (exact) mass is 509 g/mol. The number of carbonyl (C=O) groups excluding carboxylic acids is 2. The summed E-state index contributed by atoms with van der Waals surface area (Å²) < 4.78 is 12.4. The zero-order valence-corrected chi connectivity index (χ0v) is 23.5. The number of aromatic amines is 1. The Labute approximate surface area is 220 Å². The van der Waals surface area contributed by atoms with E-state index in [1.807, 2.05) is 68.4 Å². The lowest BCUT2D eigenvalue weighted by Crippen LogP contribution is -2.57. The molecular formula is C28H40BN3O5. The van der Waals surface area contributed by atoms with Crippen LogP contribution in [0, 0.1) is 12.3 Å². The van der Waals surface area contributed by atoms with Gasteiger partial charge in [0.2, 0.25) is 0 Å². The minimum absolute atomic E-state index is 0.0316. The third-order valence-electron chi connectivity index (χ3n) is 7.49. The van der Waals surface area contributed by atoms with Crippen molar-refractivity contribution in [1.82, 2.24) is 15.4 Å². The van der Waals surface area contributed by atoms with Gasteiger partial charge in [-0.2, -0.15) is 0 Å². The lowest BCUT2D eigenvalue weighted by atomic mass is 9.75. The van der Waals surface area contributed by atoms with Crippen molar-refractivity contribution in [3.05, 3.63) is 63.6 Å². The molecule has 3 rings (SSSR count). The van der Waals surface area contributed by atoms with Gasteiger partial charge in [-0.15, -0.1) is 0 Å². The predicted molar refractivity (Wildman–Crippen MR) is 146 cm³/mol. The molecule has 0 aliphatic carbocycles. The lowest BCUT2D eigenvalue weighted by Gasteiger charge is -2.40. The predicted octanol–water partition coefficient (Wildman–Crippen LogP) is 3.98. The topological polar surface area (TPSA) is 101 Å². The van der Waals surface area contributed by atoms with Gasteiger partial charge < -0.3 is 14.3 Å². The fourth-order valence-electron chi connectivity index (χ4n) is 4.51. The van der Waals surface area contributed by atoms with Crippen LogP contribution in [0.2, 0.25) is 0 Å². The van der Waals surface area contributed by atoms with Crippen LogP contribution in [0.3, 0.4) is 0 Å². The van der Waals surface area contributed by atoms with Crippen LogP contribution in [0.15, 0.2) is 41.3 Å². The van der Waals surface area contributed by atoms with Crippen LogP contribution in [0.25, 0.3) is 0 Å². The minimum atomic E-state index is -0.624. The molecule has 1 saturated heterocycles. The molecule has 1 unspecified atom stereocenters. The van der Waals surface area contributed by atoms with E-state index in [0.717, 1.165) is 11.9 Å². The molecule has 1 fully saturated rings. The highest BCUT2D eigenvalue weighted by Crippen LogP contribution is 2.37. The molecule has 2 N–H and O–H groups in total. The van der Waals surface area contributed by atoms with Gasteiger partial charge in [-0.3, -0.25) is 19.8 Å². The number of carbonyl (C=O) groups is 2. The molecule has 2 amide bonds. The number of pyridine rings is 1. The maximum absolute atomic E-state index is 13.7. The van der Waals surface area contributed by atoms with Gasteiger partial charge in [0.1, 0.15) is 5.56 Å². The quantitative estimate of drug-likeness (QED) is 0.453. The van der Waals surface area contributed by atoms with E-state index in [2.05, 4.69) is 10.4 Å². The molecule has 8 nitrogen and oxygen atoms in total. The standard InChI is InChI=1S/C28H40BN3O5/c1-10-13-22(26(3,4)5)32(25(35)20-15-12-17-30-23(20)33)31-24(34)19-14-11-16-21(18(19)2)29-36-27(6,7)28(8,9)37-29/h11-12,14-17,22H,10,13H2,1-9H3,(H,30,33)(H,31,34). The van der Waals surface area contributed by atoms with Gasteiger partial charge in [0.15, 0.2) is 0 Å². The van der Waals surface area contributed by atoms with E-state index in [-0.39, 0.29) is 17.0 Å². The number of hydrazine groups is 1. The highest BCUT2D eigenvalue weighted by atomic mass is 16.7. The molecule has 0 radical (unpaired) electrons. The second-order valence-electron chi connectivity index (χ2n) is 11.8. The number of benzene rings is 1. The van der Waals surface area contributed by atoms with E-state index in [1.165, 1.54) is 17.3 Å². The molecule has 37 heavy (non-hydrogen) atoms. The smallest absolute Gasteiger partial charge is 0.399 e. The number of amides is 2. The van der Waals surface area contributed by atoms with E-state index >= 15 is 0 Å². The summed E-state index contributed by atoms with van der Waals surface area (Å²) in [5.74, 6) is -0.995. The van der Waals surface area contributed by atoms with Crippen LogP contribution in [0.1, 0.15) is 94.5 Å². The molecule has 1 atom stereocenters. The van der Waals surface area contributed by atoms with Gasteiger partial charge in [0, 0.05) is 11.8 Å². The van der Waals surface area contributed by atoms with Crippen molar-refractivity contribution in [2.75, 3.05) is 0 Å². The first-order valence-corrected chi connectivity index (χ1v) is 12.9. The highest BCUT2D eigenvalue weighted by molar-refractivity contribution is 6.62. The number of H-pyrrole nitrogens is 1. The van der Waals surface area contributed by atoms with E-state index < -0.39 is 35.7 Å². The number of hydrogen-bond donors (Lipinski definition) is 2. The molecule has 2 aromatic rings. The van der Waals surface area contributed by atoms with E-state index in [9.17, 15) is 14.4 Å². The Morgan fingerprint density at radius 1 is 1.05 bits per heavy atom. The summed E-state index contributed by atoms with van der Waals surface area (Å²) >= 11 is 0. The molecule has 0 saturated carbocycles.